The number of aryl methyl sites for hydroxylation is 4. The molecule has 0 unspecified atom stereocenters. The Morgan fingerprint density at radius 2 is 1.23 bits per heavy atom. The summed E-state index contributed by atoms with van der Waals surface area (Å²) in [6.45, 7) is 9.00. The third kappa shape index (κ3) is 3.37. The van der Waals surface area contributed by atoms with Crippen molar-refractivity contribution in [2.24, 2.45) is 0 Å². The van der Waals surface area contributed by atoms with E-state index >= 15 is 0 Å². The molecule has 0 N–H and O–H groups in total. The van der Waals surface area contributed by atoms with Crippen LogP contribution in [0.3, 0.4) is 0 Å². The van der Waals surface area contributed by atoms with Gasteiger partial charge in [0.2, 0.25) is 0 Å². The number of hydrogen-bond donors (Lipinski definition) is 0. The van der Waals surface area contributed by atoms with Crippen LogP contribution in [0.4, 0.5) is 0 Å². The van der Waals surface area contributed by atoms with Gasteiger partial charge in [0.05, 0.1) is 0 Å². The lowest BCUT2D eigenvalue weighted by molar-refractivity contribution is 0.764. The Kier molecular flexibility index (Phi) is 4.98. The zero-order valence-corrected chi connectivity index (χ0v) is 18.9. The van der Waals surface area contributed by atoms with Crippen LogP contribution in [0.1, 0.15) is 55.0 Å². The van der Waals surface area contributed by atoms with E-state index in [0.717, 1.165) is 17.3 Å². The van der Waals surface area contributed by atoms with Crippen LogP contribution < -0.4 is 0 Å². The second-order valence-corrected chi connectivity index (χ2v) is 11.1. The molecule has 26 heavy (non-hydrogen) atoms. The molecular weight excluding hydrogens is 420 g/mol. The van der Waals surface area contributed by atoms with Crippen LogP contribution in [0.25, 0.3) is 11.1 Å². The van der Waals surface area contributed by atoms with Gasteiger partial charge in [0.25, 0.3) is 0 Å². The number of halogens is 1. The minimum Gasteiger partial charge on any atom is -0.145 e. The Bertz CT molecular complexity index is 928. The Labute approximate surface area is 172 Å². The summed E-state index contributed by atoms with van der Waals surface area (Å²) in [5.41, 5.74) is 7.55. The smallest absolute Gasteiger partial charge is 0.0175 e. The first-order valence-electron chi connectivity index (χ1n) is 9.04. The minimum absolute atomic E-state index is 0.576. The first-order chi connectivity index (χ1) is 12.4. The molecule has 1 aliphatic carbocycles. The van der Waals surface area contributed by atoms with Crippen LogP contribution in [0, 0.1) is 27.7 Å². The maximum Gasteiger partial charge on any atom is 0.0175 e. The van der Waals surface area contributed by atoms with Crippen molar-refractivity contribution in [1.29, 1.82) is 0 Å². The van der Waals surface area contributed by atoms with Gasteiger partial charge >= 0.3 is 0 Å². The summed E-state index contributed by atoms with van der Waals surface area (Å²) in [5.74, 6) is 0.576. The molecule has 1 aliphatic rings. The van der Waals surface area contributed by atoms with E-state index in [1.54, 1.807) is 11.1 Å². The molecule has 0 spiro atoms. The van der Waals surface area contributed by atoms with E-state index in [9.17, 15) is 0 Å². The number of benzene rings is 1. The lowest BCUT2D eigenvalue weighted by Crippen LogP contribution is -1.94. The molecule has 0 nitrogen and oxygen atoms in total. The van der Waals surface area contributed by atoms with Gasteiger partial charge in [0.15, 0.2) is 0 Å². The fourth-order valence-electron chi connectivity index (χ4n) is 4.19. The first kappa shape index (κ1) is 18.2. The van der Waals surface area contributed by atoms with E-state index in [2.05, 4.69) is 80.0 Å². The van der Waals surface area contributed by atoms with Crippen LogP contribution in [0.5, 0.6) is 0 Å². The Morgan fingerprint density at radius 3 is 1.62 bits per heavy atom. The number of rotatable bonds is 3. The lowest BCUT2D eigenvalue weighted by Gasteiger charge is -2.11. The third-order valence-corrected chi connectivity index (χ3v) is 7.80. The minimum atomic E-state index is 0.576. The first-order valence-corrected chi connectivity index (χ1v) is 11.5. The molecule has 0 bridgehead atoms. The van der Waals surface area contributed by atoms with Gasteiger partial charge in [-0.15, -0.1) is 22.7 Å². The Balaban J connectivity index is 1.80. The topological polar surface area (TPSA) is 0 Å². The highest BCUT2D eigenvalue weighted by Gasteiger charge is 2.29. The standard InChI is InChI=1S/C23H23BrS2/c1-13-9-20(15(3)25-13)22-11-18(17-5-7-19(24)8-6-17)12-23(22)21-10-14(2)26-16(21)4/h5-10,18H,11-12H2,1-4H3. The number of allylic oxidation sites excluding steroid dienone is 2. The summed E-state index contributed by atoms with van der Waals surface area (Å²) in [6, 6.07) is 13.7. The molecule has 1 aromatic carbocycles. The SMILES string of the molecule is Cc1cc(C2=C(c3cc(C)sc3C)CC(c3ccc(Br)cc3)C2)c(C)s1. The van der Waals surface area contributed by atoms with Gasteiger partial charge in [-0.25, -0.2) is 0 Å². The molecule has 2 aromatic heterocycles. The van der Waals surface area contributed by atoms with Crippen molar-refractivity contribution in [2.75, 3.05) is 0 Å². The van der Waals surface area contributed by atoms with Crippen molar-refractivity contribution in [2.45, 2.75) is 46.5 Å². The van der Waals surface area contributed by atoms with Gasteiger partial charge < -0.3 is 0 Å². The van der Waals surface area contributed by atoms with E-state index in [4.69, 9.17) is 0 Å². The Morgan fingerprint density at radius 1 is 0.769 bits per heavy atom. The molecule has 134 valence electrons. The fourth-order valence-corrected chi connectivity index (χ4v) is 6.36. The van der Waals surface area contributed by atoms with Crippen molar-refractivity contribution in [3.63, 3.8) is 0 Å². The summed E-state index contributed by atoms with van der Waals surface area (Å²) in [7, 11) is 0. The van der Waals surface area contributed by atoms with Crippen molar-refractivity contribution in [3.05, 3.63) is 77.1 Å². The molecule has 3 heteroatoms. The predicted molar refractivity (Wildman–Crippen MR) is 121 cm³/mol. The average Bonchev–Trinajstić information content (AvgIpc) is 3.25. The highest BCUT2D eigenvalue weighted by atomic mass is 79.9. The van der Waals surface area contributed by atoms with Crippen LogP contribution in [-0.4, -0.2) is 0 Å². The molecule has 2 heterocycles. The van der Waals surface area contributed by atoms with Gasteiger partial charge in [0, 0.05) is 24.0 Å². The van der Waals surface area contributed by atoms with Crippen LogP contribution in [0.2, 0.25) is 0 Å². The van der Waals surface area contributed by atoms with Crippen molar-refractivity contribution < 1.29 is 0 Å². The van der Waals surface area contributed by atoms with Crippen molar-refractivity contribution in [1.82, 2.24) is 0 Å². The van der Waals surface area contributed by atoms with E-state index in [-0.39, 0.29) is 0 Å². The van der Waals surface area contributed by atoms with Gasteiger partial charge in [-0.1, -0.05) is 28.1 Å². The molecule has 0 saturated heterocycles. The maximum absolute atomic E-state index is 3.57. The summed E-state index contributed by atoms with van der Waals surface area (Å²) >= 11 is 7.42. The van der Waals surface area contributed by atoms with E-state index < -0.39 is 0 Å². The molecule has 0 saturated carbocycles. The summed E-state index contributed by atoms with van der Waals surface area (Å²) < 4.78 is 1.15. The second kappa shape index (κ2) is 7.10. The summed E-state index contributed by atoms with van der Waals surface area (Å²) in [5, 5.41) is 0. The van der Waals surface area contributed by atoms with E-state index in [0.29, 0.717) is 5.92 Å². The zero-order valence-electron chi connectivity index (χ0n) is 15.7. The zero-order chi connectivity index (χ0) is 18.4. The molecule has 3 aromatic rings. The molecule has 0 radical (unpaired) electrons. The van der Waals surface area contributed by atoms with E-state index in [1.165, 1.54) is 36.2 Å². The van der Waals surface area contributed by atoms with Crippen molar-refractivity contribution >= 4 is 49.7 Å². The molecular formula is C23H23BrS2. The maximum atomic E-state index is 3.57. The van der Waals surface area contributed by atoms with Gasteiger partial charge in [-0.2, -0.15) is 0 Å². The van der Waals surface area contributed by atoms with Crippen molar-refractivity contribution in [3.8, 4) is 0 Å². The predicted octanol–water partition coefficient (Wildman–Crippen LogP) is 8.29. The van der Waals surface area contributed by atoms with Crippen LogP contribution in [0.15, 0.2) is 40.9 Å². The third-order valence-electron chi connectivity index (χ3n) is 5.34. The Hall–Kier alpha value is -1.16. The van der Waals surface area contributed by atoms with Gasteiger partial charge in [0.1, 0.15) is 0 Å². The number of thiophene rings is 2. The van der Waals surface area contributed by atoms with Gasteiger partial charge in [-0.05, 0) is 98.6 Å². The highest BCUT2D eigenvalue weighted by Crippen LogP contribution is 2.50. The molecule has 0 amide bonds. The number of hydrogen-bond acceptors (Lipinski definition) is 2. The fraction of sp³-hybridized carbons (Fsp3) is 0.304. The normalized spacial score (nSPS) is 15.3. The largest absolute Gasteiger partial charge is 0.145 e. The summed E-state index contributed by atoms with van der Waals surface area (Å²) in [6.07, 6.45) is 2.28. The molecule has 0 atom stereocenters. The molecule has 4 rings (SSSR count). The highest BCUT2D eigenvalue weighted by molar-refractivity contribution is 9.10. The average molecular weight is 443 g/mol. The van der Waals surface area contributed by atoms with E-state index in [1.807, 2.05) is 22.7 Å². The molecule has 0 fully saturated rings. The van der Waals surface area contributed by atoms with Crippen LogP contribution >= 0.6 is 38.6 Å². The second-order valence-electron chi connectivity index (χ2n) is 7.27. The monoisotopic (exact) mass is 442 g/mol. The molecule has 0 aliphatic heterocycles. The quantitative estimate of drug-likeness (QED) is 0.382. The lowest BCUT2D eigenvalue weighted by atomic mass is 9.94. The summed E-state index contributed by atoms with van der Waals surface area (Å²) in [4.78, 5) is 5.73. The van der Waals surface area contributed by atoms with Gasteiger partial charge in [-0.3, -0.25) is 0 Å². The van der Waals surface area contributed by atoms with Crippen LogP contribution in [-0.2, 0) is 0 Å².